The van der Waals surface area contributed by atoms with Crippen molar-refractivity contribution in [1.82, 2.24) is 20.0 Å². The Kier molecular flexibility index (Phi) is 7.76. The van der Waals surface area contributed by atoms with Crippen molar-refractivity contribution in [2.75, 3.05) is 7.05 Å². The van der Waals surface area contributed by atoms with Gasteiger partial charge in [0.1, 0.15) is 17.1 Å². The Morgan fingerprint density at radius 1 is 1.02 bits per heavy atom. The van der Waals surface area contributed by atoms with E-state index < -0.39 is 8.32 Å². The lowest BCUT2D eigenvalue weighted by molar-refractivity contribution is 0.0815. The van der Waals surface area contributed by atoms with Crippen LogP contribution >= 0.6 is 0 Å². The number of rotatable bonds is 9. The Balaban J connectivity index is 1.77. The third kappa shape index (κ3) is 5.16. The zero-order valence-electron chi connectivity index (χ0n) is 25.2. The Morgan fingerprint density at radius 2 is 1.68 bits per heavy atom. The molecule has 41 heavy (non-hydrogen) atoms. The second-order valence-electron chi connectivity index (χ2n) is 12.2. The van der Waals surface area contributed by atoms with E-state index in [2.05, 4.69) is 57.7 Å². The van der Waals surface area contributed by atoms with Gasteiger partial charge in [-0.05, 0) is 63.5 Å². The maximum Gasteiger partial charge on any atom is 0.258 e. The molecule has 2 aromatic heterocycles. The fourth-order valence-electron chi connectivity index (χ4n) is 6.73. The van der Waals surface area contributed by atoms with Crippen LogP contribution < -0.4 is 4.43 Å². The van der Waals surface area contributed by atoms with Crippen LogP contribution in [0.2, 0.25) is 16.6 Å². The second kappa shape index (κ2) is 11.0. The van der Waals surface area contributed by atoms with Gasteiger partial charge < -0.3 is 13.8 Å². The Hall–Kier alpha value is -3.59. The molecule has 3 heterocycles. The SMILES string of the molecule is Cc1nc(Cc2c3c(c(O[Si](C(C)C)(C(C)C)C(C)C)c4ncc(Cc5ccc(F)cc5)cc24)C(=O)N(C)C3)no1. The highest BCUT2D eigenvalue weighted by atomic mass is 28.4. The molecule has 0 bridgehead atoms. The van der Waals surface area contributed by atoms with Gasteiger partial charge in [0, 0.05) is 38.5 Å². The Bertz CT molecular complexity index is 1580. The monoisotopic (exact) mass is 574 g/mol. The summed E-state index contributed by atoms with van der Waals surface area (Å²) in [5.74, 6) is 1.33. The number of hydrogen-bond donors (Lipinski definition) is 0. The summed E-state index contributed by atoms with van der Waals surface area (Å²) in [5, 5.41) is 5.09. The molecule has 5 rings (SSSR count). The molecule has 0 aliphatic carbocycles. The smallest absolute Gasteiger partial charge is 0.258 e. The van der Waals surface area contributed by atoms with Gasteiger partial charge in [0.15, 0.2) is 5.82 Å². The largest absolute Gasteiger partial charge is 0.541 e. The molecule has 0 unspecified atom stereocenters. The summed E-state index contributed by atoms with van der Waals surface area (Å²) in [7, 11) is -0.610. The molecule has 9 heteroatoms. The molecule has 1 aliphatic rings. The number of halogens is 1. The number of pyridine rings is 1. The van der Waals surface area contributed by atoms with Crippen LogP contribution in [0.5, 0.6) is 5.75 Å². The highest BCUT2D eigenvalue weighted by Crippen LogP contribution is 2.48. The summed E-state index contributed by atoms with van der Waals surface area (Å²) in [4.78, 5) is 25.0. The van der Waals surface area contributed by atoms with Gasteiger partial charge in [-0.3, -0.25) is 9.78 Å². The van der Waals surface area contributed by atoms with Crippen molar-refractivity contribution in [3.05, 3.63) is 81.9 Å². The van der Waals surface area contributed by atoms with Crippen LogP contribution in [0.1, 0.15) is 85.9 Å². The van der Waals surface area contributed by atoms with Crippen molar-refractivity contribution in [2.45, 2.75) is 84.5 Å². The van der Waals surface area contributed by atoms with Crippen LogP contribution in [-0.2, 0) is 19.4 Å². The molecule has 1 amide bonds. The van der Waals surface area contributed by atoms with Crippen molar-refractivity contribution in [1.29, 1.82) is 0 Å². The number of fused-ring (bicyclic) bond motifs is 2. The molecule has 4 aromatic rings. The van der Waals surface area contributed by atoms with Gasteiger partial charge in [0.25, 0.3) is 14.2 Å². The first-order valence-electron chi connectivity index (χ1n) is 14.4. The van der Waals surface area contributed by atoms with E-state index in [4.69, 9.17) is 13.9 Å². The maximum absolute atomic E-state index is 13.8. The summed E-state index contributed by atoms with van der Waals surface area (Å²) < 4.78 is 26.1. The van der Waals surface area contributed by atoms with Gasteiger partial charge in [0.05, 0.1) is 5.56 Å². The number of hydrogen-bond acceptors (Lipinski definition) is 6. The number of aryl methyl sites for hydroxylation is 1. The molecule has 1 aliphatic heterocycles. The lowest BCUT2D eigenvalue weighted by Crippen LogP contribution is -2.51. The molecular weight excluding hydrogens is 535 g/mol. The van der Waals surface area contributed by atoms with E-state index in [0.29, 0.717) is 64.6 Å². The van der Waals surface area contributed by atoms with Crippen LogP contribution in [0.4, 0.5) is 4.39 Å². The number of carbonyl (C=O) groups is 1. The average molecular weight is 575 g/mol. The molecule has 0 N–H and O–H groups in total. The number of aromatic nitrogens is 3. The number of nitrogens with zero attached hydrogens (tertiary/aromatic N) is 4. The summed E-state index contributed by atoms with van der Waals surface area (Å²) in [6.07, 6.45) is 2.85. The van der Waals surface area contributed by atoms with E-state index in [1.54, 1.807) is 24.0 Å². The quantitative estimate of drug-likeness (QED) is 0.194. The average Bonchev–Trinajstić information content (AvgIpc) is 3.46. The normalized spacial score (nSPS) is 13.8. The zero-order valence-corrected chi connectivity index (χ0v) is 26.2. The zero-order chi connectivity index (χ0) is 29.6. The van der Waals surface area contributed by atoms with Crippen LogP contribution in [0.3, 0.4) is 0 Å². The first-order chi connectivity index (χ1) is 19.4. The molecule has 0 saturated carbocycles. The third-order valence-corrected chi connectivity index (χ3v) is 14.5. The number of carbonyl (C=O) groups excluding carboxylic acids is 1. The Labute approximate surface area is 242 Å². The first kappa shape index (κ1) is 28.9. The highest BCUT2D eigenvalue weighted by molar-refractivity contribution is 6.78. The summed E-state index contributed by atoms with van der Waals surface area (Å²) in [6, 6.07) is 8.67. The number of benzene rings is 2. The molecule has 0 radical (unpaired) electrons. The molecule has 0 saturated heterocycles. The molecule has 7 nitrogen and oxygen atoms in total. The number of amides is 1. The van der Waals surface area contributed by atoms with E-state index in [9.17, 15) is 9.18 Å². The topological polar surface area (TPSA) is 81.4 Å². The first-order valence-corrected chi connectivity index (χ1v) is 16.5. The van der Waals surface area contributed by atoms with E-state index in [1.807, 2.05) is 13.2 Å². The van der Waals surface area contributed by atoms with Crippen molar-refractivity contribution in [3.63, 3.8) is 0 Å². The summed E-state index contributed by atoms with van der Waals surface area (Å²) >= 11 is 0. The standard InChI is InChI=1S/C32H39FN4O3Si/c1-18(2)41(19(3)4,20(5)6)40-31-29-27(17-37(8)32(29)38)25(15-28-35-21(7)39-36-28)26-14-23(16-34-30(26)31)13-22-9-11-24(33)12-10-22/h9-12,14,16,18-20H,13,15,17H2,1-8H3. The fourth-order valence-corrected chi connectivity index (χ4v) is 12.0. The van der Waals surface area contributed by atoms with E-state index in [0.717, 1.165) is 27.6 Å². The highest BCUT2D eigenvalue weighted by Gasteiger charge is 2.49. The molecule has 216 valence electrons. The second-order valence-corrected chi connectivity index (χ2v) is 17.6. The van der Waals surface area contributed by atoms with E-state index >= 15 is 0 Å². The van der Waals surface area contributed by atoms with Crippen molar-refractivity contribution in [2.24, 2.45) is 0 Å². The maximum atomic E-state index is 13.8. The molecular formula is C32H39FN4O3Si. The predicted octanol–water partition coefficient (Wildman–Crippen LogP) is 7.39. The van der Waals surface area contributed by atoms with Crippen molar-refractivity contribution in [3.8, 4) is 5.75 Å². The lowest BCUT2D eigenvalue weighted by atomic mass is 9.93. The van der Waals surface area contributed by atoms with E-state index in [1.165, 1.54) is 12.1 Å². The Morgan fingerprint density at radius 3 is 2.27 bits per heavy atom. The van der Waals surface area contributed by atoms with Gasteiger partial charge in [-0.1, -0.05) is 58.8 Å². The van der Waals surface area contributed by atoms with Crippen molar-refractivity contribution >= 4 is 25.1 Å². The van der Waals surface area contributed by atoms with Gasteiger partial charge in [-0.15, -0.1) is 0 Å². The van der Waals surface area contributed by atoms with Crippen LogP contribution in [0.25, 0.3) is 10.9 Å². The predicted molar refractivity (Wildman–Crippen MR) is 160 cm³/mol. The summed E-state index contributed by atoms with van der Waals surface area (Å²) in [5.41, 5.74) is 6.12. The molecule has 0 spiro atoms. The van der Waals surface area contributed by atoms with Gasteiger partial charge in [-0.25, -0.2) is 4.39 Å². The molecule has 2 aromatic carbocycles. The van der Waals surface area contributed by atoms with Crippen molar-refractivity contribution < 1.29 is 18.1 Å². The minimum Gasteiger partial charge on any atom is -0.541 e. The molecule has 0 fully saturated rings. The lowest BCUT2D eigenvalue weighted by Gasteiger charge is -2.42. The molecule has 0 atom stereocenters. The van der Waals surface area contributed by atoms with Gasteiger partial charge in [0.2, 0.25) is 5.89 Å². The minimum absolute atomic E-state index is 0.0567. The van der Waals surface area contributed by atoms with Crippen LogP contribution in [0, 0.1) is 12.7 Å². The summed E-state index contributed by atoms with van der Waals surface area (Å²) in [6.45, 7) is 15.7. The third-order valence-electron chi connectivity index (χ3n) is 8.55. The fraction of sp³-hybridized carbons (Fsp3) is 0.438. The van der Waals surface area contributed by atoms with Gasteiger partial charge >= 0.3 is 0 Å². The van der Waals surface area contributed by atoms with Gasteiger partial charge in [-0.2, -0.15) is 4.98 Å². The minimum atomic E-state index is -2.43. The van der Waals surface area contributed by atoms with Crippen LogP contribution in [0.15, 0.2) is 41.1 Å². The van der Waals surface area contributed by atoms with Crippen LogP contribution in [-0.4, -0.2) is 41.3 Å². The van der Waals surface area contributed by atoms with E-state index in [-0.39, 0.29) is 11.7 Å².